The summed E-state index contributed by atoms with van der Waals surface area (Å²) in [5.74, 6) is 1.57. The number of benzene rings is 3. The van der Waals surface area contributed by atoms with E-state index in [0.717, 1.165) is 29.7 Å². The van der Waals surface area contributed by atoms with Crippen molar-refractivity contribution in [3.05, 3.63) is 90.1 Å². The third-order valence-corrected chi connectivity index (χ3v) is 9.11. The molecule has 0 atom stereocenters. The van der Waals surface area contributed by atoms with Gasteiger partial charge in [-0.3, -0.25) is 9.88 Å². The van der Waals surface area contributed by atoms with Crippen LogP contribution in [0.1, 0.15) is 24.0 Å². The minimum absolute atomic E-state index is 0.0467. The molecule has 0 amide bonds. The van der Waals surface area contributed by atoms with Crippen LogP contribution in [0.2, 0.25) is 0 Å². The summed E-state index contributed by atoms with van der Waals surface area (Å²) in [7, 11) is 1.37. The average Bonchev–Trinajstić information content (AvgIpc) is 2.98. The van der Waals surface area contributed by atoms with Gasteiger partial charge >= 0.3 is 0 Å². The fourth-order valence-electron chi connectivity index (χ4n) is 5.08. The van der Waals surface area contributed by atoms with Gasteiger partial charge < -0.3 is 14.2 Å². The van der Waals surface area contributed by atoms with Crippen molar-refractivity contribution in [2.24, 2.45) is 0 Å². The molecule has 8 nitrogen and oxygen atoms in total. The molecule has 1 aliphatic rings. The van der Waals surface area contributed by atoms with Gasteiger partial charge in [0.15, 0.2) is 0 Å². The largest absolute Gasteiger partial charge is 0.497 e. The summed E-state index contributed by atoms with van der Waals surface area (Å²) in [6, 6.07) is 23.4. The molecular formula is C31H35N3O5S. The predicted octanol–water partition coefficient (Wildman–Crippen LogP) is 5.12. The van der Waals surface area contributed by atoms with Crippen LogP contribution in [-0.2, 0) is 23.1 Å². The molecule has 1 fully saturated rings. The standard InChI is InChI=1S/C31H35N3O5S/c1-33(22-24-8-12-29-25(19-24)5-4-16-32-29)21-23-6-9-26(10-7-23)39-27-14-17-34(18-15-27)40(35,36)31-20-28(37-2)11-13-30(31)38-3/h4-13,16,19-20,27H,14-15,17-18,21-22H2,1-3H3. The molecule has 1 saturated heterocycles. The smallest absolute Gasteiger partial charge is 0.246 e. The molecule has 1 aromatic heterocycles. The molecule has 0 aliphatic carbocycles. The summed E-state index contributed by atoms with van der Waals surface area (Å²) in [6.07, 6.45) is 2.99. The van der Waals surface area contributed by atoms with Crippen LogP contribution in [0, 0.1) is 0 Å². The highest BCUT2D eigenvalue weighted by Crippen LogP contribution is 2.32. The first-order valence-corrected chi connectivity index (χ1v) is 14.8. The van der Waals surface area contributed by atoms with Gasteiger partial charge in [-0.2, -0.15) is 4.31 Å². The molecule has 5 rings (SSSR count). The second kappa shape index (κ2) is 12.2. The molecule has 0 N–H and O–H groups in total. The number of ether oxygens (including phenoxy) is 3. The number of methoxy groups -OCH3 is 2. The quantitative estimate of drug-likeness (QED) is 0.266. The highest BCUT2D eigenvalue weighted by atomic mass is 32.2. The molecule has 210 valence electrons. The molecule has 3 aromatic carbocycles. The van der Waals surface area contributed by atoms with E-state index in [1.54, 1.807) is 12.1 Å². The zero-order valence-corrected chi connectivity index (χ0v) is 23.9. The van der Waals surface area contributed by atoms with Gasteiger partial charge in [0.25, 0.3) is 0 Å². The fraction of sp³-hybridized carbons (Fsp3) is 0.323. The Balaban J connectivity index is 1.14. The first-order chi connectivity index (χ1) is 19.4. The third-order valence-electron chi connectivity index (χ3n) is 7.19. The lowest BCUT2D eigenvalue weighted by atomic mass is 10.1. The molecule has 9 heteroatoms. The van der Waals surface area contributed by atoms with Crippen molar-refractivity contribution in [2.45, 2.75) is 36.9 Å². The van der Waals surface area contributed by atoms with Crippen LogP contribution < -0.4 is 14.2 Å². The maximum atomic E-state index is 13.3. The number of fused-ring (bicyclic) bond motifs is 1. The number of sulfonamides is 1. The van der Waals surface area contributed by atoms with Crippen molar-refractivity contribution in [3.8, 4) is 17.2 Å². The van der Waals surface area contributed by atoms with Crippen molar-refractivity contribution < 1.29 is 22.6 Å². The van der Waals surface area contributed by atoms with Crippen LogP contribution in [0.5, 0.6) is 17.2 Å². The molecule has 4 aromatic rings. The van der Waals surface area contributed by atoms with Gasteiger partial charge in [0, 0.05) is 43.8 Å². The van der Waals surface area contributed by atoms with E-state index >= 15 is 0 Å². The second-order valence-electron chi connectivity index (χ2n) is 10.1. The second-order valence-corrected chi connectivity index (χ2v) is 12.0. The Bertz CT molecular complexity index is 1550. The number of pyridine rings is 1. The normalized spacial score (nSPS) is 14.9. The van der Waals surface area contributed by atoms with Gasteiger partial charge in [-0.25, -0.2) is 8.42 Å². The van der Waals surface area contributed by atoms with E-state index in [-0.39, 0.29) is 11.0 Å². The Morgan fingerprint density at radius 3 is 2.30 bits per heavy atom. The van der Waals surface area contributed by atoms with E-state index < -0.39 is 10.0 Å². The molecular weight excluding hydrogens is 526 g/mol. The number of piperidine rings is 1. The fourth-order valence-corrected chi connectivity index (χ4v) is 6.72. The van der Waals surface area contributed by atoms with E-state index in [0.29, 0.717) is 37.4 Å². The van der Waals surface area contributed by atoms with Crippen LogP contribution in [0.15, 0.2) is 83.9 Å². The molecule has 1 aliphatic heterocycles. The van der Waals surface area contributed by atoms with Crippen molar-refractivity contribution in [2.75, 3.05) is 34.4 Å². The van der Waals surface area contributed by atoms with Crippen molar-refractivity contribution in [1.82, 2.24) is 14.2 Å². The molecule has 0 bridgehead atoms. The lowest BCUT2D eigenvalue weighted by molar-refractivity contribution is 0.135. The molecule has 40 heavy (non-hydrogen) atoms. The number of nitrogens with zero attached hydrogens (tertiary/aromatic N) is 3. The average molecular weight is 562 g/mol. The first-order valence-electron chi connectivity index (χ1n) is 13.4. The summed E-state index contributed by atoms with van der Waals surface area (Å²) >= 11 is 0. The third kappa shape index (κ3) is 6.38. The highest BCUT2D eigenvalue weighted by molar-refractivity contribution is 7.89. The minimum atomic E-state index is -3.72. The van der Waals surface area contributed by atoms with E-state index in [9.17, 15) is 8.42 Å². The zero-order chi connectivity index (χ0) is 28.1. The summed E-state index contributed by atoms with van der Waals surface area (Å²) in [4.78, 5) is 6.79. The van der Waals surface area contributed by atoms with Gasteiger partial charge in [-0.15, -0.1) is 0 Å². The first kappa shape index (κ1) is 27.9. The van der Waals surface area contributed by atoms with Gasteiger partial charge in [-0.05, 0) is 73.5 Å². The Labute approximate surface area is 236 Å². The maximum Gasteiger partial charge on any atom is 0.246 e. The lowest BCUT2D eigenvalue weighted by Crippen LogP contribution is -2.41. The van der Waals surface area contributed by atoms with Crippen LogP contribution in [0.3, 0.4) is 0 Å². The van der Waals surface area contributed by atoms with Crippen molar-refractivity contribution >= 4 is 20.9 Å². The Hall–Kier alpha value is -3.66. The van der Waals surface area contributed by atoms with Crippen LogP contribution in [0.25, 0.3) is 10.9 Å². The maximum absolute atomic E-state index is 13.3. The number of aromatic nitrogens is 1. The number of hydrogen-bond donors (Lipinski definition) is 0. The highest BCUT2D eigenvalue weighted by Gasteiger charge is 2.32. The zero-order valence-electron chi connectivity index (χ0n) is 23.1. The Kier molecular flexibility index (Phi) is 8.54. The van der Waals surface area contributed by atoms with Gasteiger partial charge in [0.1, 0.15) is 28.2 Å². The van der Waals surface area contributed by atoms with Crippen LogP contribution in [0.4, 0.5) is 0 Å². The Morgan fingerprint density at radius 2 is 1.57 bits per heavy atom. The number of rotatable bonds is 10. The predicted molar refractivity (Wildman–Crippen MR) is 155 cm³/mol. The summed E-state index contributed by atoms with van der Waals surface area (Å²) in [5.41, 5.74) is 3.46. The summed E-state index contributed by atoms with van der Waals surface area (Å²) < 4.78 is 44.9. The summed E-state index contributed by atoms with van der Waals surface area (Å²) in [6.45, 7) is 2.41. The SMILES string of the molecule is COc1ccc(OC)c(S(=O)(=O)N2CCC(Oc3ccc(CN(C)Cc4ccc5ncccc5c4)cc3)CC2)c1. The van der Waals surface area contributed by atoms with E-state index in [2.05, 4.69) is 53.3 Å². The van der Waals surface area contributed by atoms with E-state index in [1.807, 2.05) is 24.4 Å². The lowest BCUT2D eigenvalue weighted by Gasteiger charge is -2.31. The number of hydrogen-bond acceptors (Lipinski definition) is 7. The topological polar surface area (TPSA) is 81.2 Å². The van der Waals surface area contributed by atoms with Crippen molar-refractivity contribution in [1.29, 1.82) is 0 Å². The minimum Gasteiger partial charge on any atom is -0.497 e. The van der Waals surface area contributed by atoms with Gasteiger partial charge in [0.2, 0.25) is 10.0 Å². The van der Waals surface area contributed by atoms with Gasteiger partial charge in [-0.1, -0.05) is 24.3 Å². The molecule has 2 heterocycles. The van der Waals surface area contributed by atoms with Crippen LogP contribution >= 0.6 is 0 Å². The Morgan fingerprint density at radius 1 is 0.875 bits per heavy atom. The van der Waals surface area contributed by atoms with E-state index in [1.165, 1.54) is 35.7 Å². The molecule has 0 unspecified atom stereocenters. The monoisotopic (exact) mass is 561 g/mol. The molecule has 0 spiro atoms. The van der Waals surface area contributed by atoms with E-state index in [4.69, 9.17) is 14.2 Å². The molecule has 0 radical (unpaired) electrons. The van der Waals surface area contributed by atoms with Crippen molar-refractivity contribution in [3.63, 3.8) is 0 Å². The molecule has 0 saturated carbocycles. The van der Waals surface area contributed by atoms with Gasteiger partial charge in [0.05, 0.1) is 19.7 Å². The van der Waals surface area contributed by atoms with Crippen LogP contribution in [-0.4, -0.2) is 63.1 Å². The summed E-state index contributed by atoms with van der Waals surface area (Å²) in [5, 5.41) is 1.15.